The van der Waals surface area contributed by atoms with Crippen LogP contribution in [0.15, 0.2) is 34.1 Å². The first-order chi connectivity index (χ1) is 8.60. The number of aliphatic hydroxyl groups excluding tert-OH is 1. The Bertz CT molecular complexity index is 542. The van der Waals surface area contributed by atoms with E-state index < -0.39 is 6.10 Å². The van der Waals surface area contributed by atoms with Gasteiger partial charge in [0.25, 0.3) is 0 Å². The van der Waals surface area contributed by atoms with Crippen LogP contribution in [-0.2, 0) is 6.42 Å². The molecule has 1 heterocycles. The van der Waals surface area contributed by atoms with E-state index in [0.29, 0.717) is 6.42 Å². The lowest BCUT2D eigenvalue weighted by Crippen LogP contribution is -2.02. The van der Waals surface area contributed by atoms with Crippen molar-refractivity contribution < 1.29 is 9.84 Å². The van der Waals surface area contributed by atoms with Gasteiger partial charge in [0.15, 0.2) is 0 Å². The summed E-state index contributed by atoms with van der Waals surface area (Å²) in [5.41, 5.74) is 1.96. The normalized spacial score (nSPS) is 12.4. The topological polar surface area (TPSA) is 29.5 Å². The predicted molar refractivity (Wildman–Crippen MR) is 86.4 cm³/mol. The van der Waals surface area contributed by atoms with Gasteiger partial charge in [0, 0.05) is 10.9 Å². The SMILES string of the molecule is COc1ccc(Br)cc1CC(O)c1csc(I)c1. The molecule has 2 nitrogen and oxygen atoms in total. The van der Waals surface area contributed by atoms with Crippen molar-refractivity contribution >= 4 is 49.9 Å². The number of rotatable bonds is 4. The fourth-order valence-electron chi connectivity index (χ4n) is 1.73. The number of halogens is 2. The number of benzene rings is 1. The molecule has 1 aromatic carbocycles. The van der Waals surface area contributed by atoms with Gasteiger partial charge in [-0.2, -0.15) is 0 Å². The molecular formula is C13H12BrIO2S. The Hall–Kier alpha value is -0.110. The summed E-state index contributed by atoms with van der Waals surface area (Å²) in [7, 11) is 1.65. The molecule has 1 N–H and O–H groups in total. The van der Waals surface area contributed by atoms with Crippen molar-refractivity contribution in [1.82, 2.24) is 0 Å². The third-order valence-corrected chi connectivity index (χ3v) is 4.93. The number of thiophene rings is 1. The quantitative estimate of drug-likeness (QED) is 0.717. The van der Waals surface area contributed by atoms with Crippen molar-refractivity contribution in [3.8, 4) is 5.75 Å². The van der Waals surface area contributed by atoms with Gasteiger partial charge in [-0.3, -0.25) is 0 Å². The molecule has 96 valence electrons. The Balaban J connectivity index is 2.20. The average Bonchev–Trinajstić information content (AvgIpc) is 2.76. The summed E-state index contributed by atoms with van der Waals surface area (Å²) in [6.07, 6.45) is 0.0584. The minimum Gasteiger partial charge on any atom is -0.496 e. The molecule has 0 spiro atoms. The lowest BCUT2D eigenvalue weighted by molar-refractivity contribution is 0.177. The van der Waals surface area contributed by atoms with Crippen LogP contribution in [0.3, 0.4) is 0 Å². The molecule has 0 amide bonds. The highest BCUT2D eigenvalue weighted by Gasteiger charge is 2.13. The highest BCUT2D eigenvalue weighted by molar-refractivity contribution is 14.1. The Labute approximate surface area is 132 Å². The first kappa shape index (κ1) is 14.3. The van der Waals surface area contributed by atoms with Gasteiger partial charge >= 0.3 is 0 Å². The van der Waals surface area contributed by atoms with Gasteiger partial charge in [-0.25, -0.2) is 0 Å². The third-order valence-electron chi connectivity index (χ3n) is 2.63. The van der Waals surface area contributed by atoms with Crippen molar-refractivity contribution in [2.24, 2.45) is 0 Å². The summed E-state index contributed by atoms with van der Waals surface area (Å²) < 4.78 is 7.49. The zero-order valence-corrected chi connectivity index (χ0v) is 14.3. The van der Waals surface area contributed by atoms with E-state index in [1.54, 1.807) is 18.4 Å². The first-order valence-corrected chi connectivity index (χ1v) is 8.09. The summed E-state index contributed by atoms with van der Waals surface area (Å²) in [5.74, 6) is 0.808. The highest BCUT2D eigenvalue weighted by Crippen LogP contribution is 2.30. The molecule has 0 radical (unpaired) electrons. The molecule has 0 saturated carbocycles. The van der Waals surface area contributed by atoms with Crippen LogP contribution >= 0.6 is 49.9 Å². The van der Waals surface area contributed by atoms with E-state index in [1.165, 1.54) is 2.88 Å². The largest absolute Gasteiger partial charge is 0.496 e. The van der Waals surface area contributed by atoms with Crippen molar-refractivity contribution in [2.75, 3.05) is 7.11 Å². The van der Waals surface area contributed by atoms with Gasteiger partial charge in [0.1, 0.15) is 5.75 Å². The van der Waals surface area contributed by atoms with Crippen LogP contribution in [0.2, 0.25) is 0 Å². The summed E-state index contributed by atoms with van der Waals surface area (Å²) in [5, 5.41) is 12.2. The molecule has 0 bridgehead atoms. The Morgan fingerprint density at radius 3 is 2.83 bits per heavy atom. The molecule has 0 aliphatic heterocycles. The minimum absolute atomic E-state index is 0.493. The number of hydrogen-bond donors (Lipinski definition) is 1. The molecule has 0 fully saturated rings. The van der Waals surface area contributed by atoms with E-state index in [4.69, 9.17) is 4.74 Å². The van der Waals surface area contributed by atoms with E-state index in [-0.39, 0.29) is 0 Å². The molecule has 5 heteroatoms. The van der Waals surface area contributed by atoms with Crippen LogP contribution < -0.4 is 4.74 Å². The second-order valence-electron chi connectivity index (χ2n) is 3.86. The Morgan fingerprint density at radius 2 is 2.22 bits per heavy atom. The van der Waals surface area contributed by atoms with E-state index in [1.807, 2.05) is 29.6 Å². The van der Waals surface area contributed by atoms with E-state index in [0.717, 1.165) is 21.3 Å². The average molecular weight is 439 g/mol. The van der Waals surface area contributed by atoms with Crippen LogP contribution in [-0.4, -0.2) is 12.2 Å². The standard InChI is InChI=1S/C13H12BrIO2S/c1-17-12-3-2-10(14)4-8(12)5-11(16)9-6-13(15)18-7-9/h2-4,6-7,11,16H,5H2,1H3. The maximum atomic E-state index is 10.2. The summed E-state index contributed by atoms with van der Waals surface area (Å²) in [6.45, 7) is 0. The second-order valence-corrected chi connectivity index (χ2v) is 7.58. The summed E-state index contributed by atoms with van der Waals surface area (Å²) >= 11 is 7.34. The molecule has 2 rings (SSSR count). The van der Waals surface area contributed by atoms with Gasteiger partial charge in [-0.1, -0.05) is 15.9 Å². The maximum Gasteiger partial charge on any atom is 0.122 e. The molecule has 18 heavy (non-hydrogen) atoms. The van der Waals surface area contributed by atoms with Crippen LogP contribution in [0.25, 0.3) is 0 Å². The van der Waals surface area contributed by atoms with Gasteiger partial charge in [0.2, 0.25) is 0 Å². The Kier molecular flexibility index (Phi) is 5.06. The molecule has 0 saturated heterocycles. The fourth-order valence-corrected chi connectivity index (χ4v) is 3.56. The fraction of sp³-hybridized carbons (Fsp3) is 0.231. The smallest absolute Gasteiger partial charge is 0.122 e. The van der Waals surface area contributed by atoms with Crippen LogP contribution in [0, 0.1) is 2.88 Å². The van der Waals surface area contributed by atoms with Gasteiger partial charge < -0.3 is 9.84 Å². The van der Waals surface area contributed by atoms with Crippen LogP contribution in [0.5, 0.6) is 5.75 Å². The molecule has 0 aliphatic carbocycles. The van der Waals surface area contributed by atoms with E-state index in [9.17, 15) is 5.11 Å². The van der Waals surface area contributed by atoms with Crippen LogP contribution in [0.1, 0.15) is 17.2 Å². The van der Waals surface area contributed by atoms with Crippen molar-refractivity contribution in [1.29, 1.82) is 0 Å². The second kappa shape index (κ2) is 6.36. The summed E-state index contributed by atoms with van der Waals surface area (Å²) in [4.78, 5) is 0. The van der Waals surface area contributed by atoms with Crippen LogP contribution in [0.4, 0.5) is 0 Å². The molecule has 2 aromatic rings. The summed E-state index contributed by atoms with van der Waals surface area (Å²) in [6, 6.07) is 7.84. The number of ether oxygens (including phenoxy) is 1. The van der Waals surface area contributed by atoms with Gasteiger partial charge in [-0.15, -0.1) is 11.3 Å². The third kappa shape index (κ3) is 3.46. The number of methoxy groups -OCH3 is 1. The molecular weight excluding hydrogens is 427 g/mol. The number of aliphatic hydroxyl groups is 1. The predicted octanol–water partition coefficient (Wildman–Crippen LogP) is 4.40. The molecule has 1 atom stereocenters. The minimum atomic E-state index is -0.493. The van der Waals surface area contributed by atoms with E-state index in [2.05, 4.69) is 38.5 Å². The lowest BCUT2D eigenvalue weighted by atomic mass is 10.0. The van der Waals surface area contributed by atoms with Crippen molar-refractivity contribution in [3.05, 3.63) is 48.1 Å². The maximum absolute atomic E-state index is 10.2. The molecule has 0 aliphatic rings. The molecule has 1 aromatic heterocycles. The zero-order valence-electron chi connectivity index (χ0n) is 9.69. The molecule has 1 unspecified atom stereocenters. The Morgan fingerprint density at radius 1 is 1.44 bits per heavy atom. The van der Waals surface area contributed by atoms with Crippen molar-refractivity contribution in [3.63, 3.8) is 0 Å². The van der Waals surface area contributed by atoms with Gasteiger partial charge in [-0.05, 0) is 63.4 Å². The highest BCUT2D eigenvalue weighted by atomic mass is 127. The van der Waals surface area contributed by atoms with Gasteiger partial charge in [0.05, 0.1) is 16.1 Å². The van der Waals surface area contributed by atoms with E-state index >= 15 is 0 Å². The van der Waals surface area contributed by atoms with Crippen molar-refractivity contribution in [2.45, 2.75) is 12.5 Å². The zero-order chi connectivity index (χ0) is 13.1. The number of hydrogen-bond acceptors (Lipinski definition) is 3. The monoisotopic (exact) mass is 438 g/mol. The first-order valence-electron chi connectivity index (χ1n) is 5.34. The lowest BCUT2D eigenvalue weighted by Gasteiger charge is -2.13.